The first kappa shape index (κ1) is 23.1. The molecule has 0 heterocycles. The molecule has 0 aromatic heterocycles. The van der Waals surface area contributed by atoms with E-state index in [9.17, 15) is 14.7 Å². The molecular formula is C21H38O5. The Hall–Kier alpha value is -0.940. The number of carbonyl (C=O) groups is 2. The summed E-state index contributed by atoms with van der Waals surface area (Å²) in [5, 5.41) is 18.8. The summed E-state index contributed by atoms with van der Waals surface area (Å²) < 4.78 is 4.69. The highest BCUT2D eigenvalue weighted by molar-refractivity contribution is 5.83. The number of hydrogen-bond donors (Lipinski definition) is 2. The van der Waals surface area contributed by atoms with Crippen LogP contribution in [0.4, 0.5) is 0 Å². The molecule has 1 aliphatic carbocycles. The van der Waals surface area contributed by atoms with Gasteiger partial charge < -0.3 is 14.9 Å². The molecule has 0 saturated heterocycles. The summed E-state index contributed by atoms with van der Waals surface area (Å²) in [6, 6.07) is 0. The molecule has 1 fully saturated rings. The van der Waals surface area contributed by atoms with E-state index in [0.717, 1.165) is 32.1 Å². The van der Waals surface area contributed by atoms with Gasteiger partial charge in [-0.3, -0.25) is 4.79 Å². The van der Waals surface area contributed by atoms with E-state index in [1.54, 1.807) is 0 Å². The maximum atomic E-state index is 12.2. The largest absolute Gasteiger partial charge is 0.477 e. The van der Waals surface area contributed by atoms with Gasteiger partial charge in [0.15, 0.2) is 0 Å². The predicted molar refractivity (Wildman–Crippen MR) is 102 cm³/mol. The van der Waals surface area contributed by atoms with Crippen molar-refractivity contribution in [2.75, 3.05) is 7.11 Å². The van der Waals surface area contributed by atoms with E-state index in [4.69, 9.17) is 9.84 Å². The zero-order valence-corrected chi connectivity index (χ0v) is 16.7. The first-order valence-corrected chi connectivity index (χ1v) is 10.5. The van der Waals surface area contributed by atoms with Crippen LogP contribution in [0.3, 0.4) is 0 Å². The molecule has 3 atom stereocenters. The number of hydrogen-bond acceptors (Lipinski definition) is 4. The third-order valence-corrected chi connectivity index (χ3v) is 5.88. The number of methoxy groups -OCH3 is 1. The molecule has 1 rings (SSSR count). The fraction of sp³-hybridized carbons (Fsp3) is 0.905. The summed E-state index contributed by atoms with van der Waals surface area (Å²) in [6.45, 7) is 2.23. The van der Waals surface area contributed by atoms with E-state index in [-0.39, 0.29) is 12.3 Å². The molecule has 1 saturated carbocycles. The lowest BCUT2D eigenvalue weighted by molar-refractivity contribution is -0.216. The Bertz CT molecular complexity index is 423. The van der Waals surface area contributed by atoms with Crippen LogP contribution in [0.2, 0.25) is 0 Å². The lowest BCUT2D eigenvalue weighted by Gasteiger charge is -2.21. The Balaban J connectivity index is 2.22. The Morgan fingerprint density at radius 1 is 1.08 bits per heavy atom. The highest BCUT2D eigenvalue weighted by Gasteiger charge is 2.36. The van der Waals surface area contributed by atoms with Crippen molar-refractivity contribution < 1.29 is 24.5 Å². The lowest BCUT2D eigenvalue weighted by atomic mass is 9.86. The van der Waals surface area contributed by atoms with Gasteiger partial charge in [-0.15, -0.1) is 0 Å². The van der Waals surface area contributed by atoms with Gasteiger partial charge in [0.05, 0.1) is 0 Å². The Labute approximate surface area is 158 Å². The highest BCUT2D eigenvalue weighted by Crippen LogP contribution is 2.36. The number of Topliss-reactive ketones (excluding diaryl/α,β-unsaturated/α-hetero) is 1. The van der Waals surface area contributed by atoms with Crippen molar-refractivity contribution in [3.05, 3.63) is 0 Å². The molecule has 1 unspecified atom stereocenters. The zero-order valence-electron chi connectivity index (χ0n) is 16.7. The average Bonchev–Trinajstić information content (AvgIpc) is 2.97. The van der Waals surface area contributed by atoms with Crippen molar-refractivity contribution in [2.45, 2.75) is 103 Å². The molecule has 5 nitrogen and oxygen atoms in total. The van der Waals surface area contributed by atoms with Gasteiger partial charge in [0, 0.05) is 25.9 Å². The fourth-order valence-electron chi connectivity index (χ4n) is 4.11. The van der Waals surface area contributed by atoms with E-state index in [2.05, 4.69) is 6.92 Å². The summed E-state index contributed by atoms with van der Waals surface area (Å²) in [6.07, 6.45) is 14.0. The SMILES string of the molecule is CCCCCCCC[C@H]1CCC(=O)[C@@H]1CCCCCC(O)(OC)C(=O)O. The zero-order chi connectivity index (χ0) is 19.4. The second-order valence-electron chi connectivity index (χ2n) is 7.82. The highest BCUT2D eigenvalue weighted by atomic mass is 16.6. The number of rotatable bonds is 15. The second kappa shape index (κ2) is 12.4. The van der Waals surface area contributed by atoms with Crippen LogP contribution in [-0.2, 0) is 14.3 Å². The molecular weight excluding hydrogens is 332 g/mol. The van der Waals surface area contributed by atoms with Crippen molar-refractivity contribution in [2.24, 2.45) is 11.8 Å². The minimum atomic E-state index is -2.08. The molecule has 2 N–H and O–H groups in total. The molecule has 0 bridgehead atoms. The maximum Gasteiger partial charge on any atom is 0.364 e. The van der Waals surface area contributed by atoms with E-state index in [1.807, 2.05) is 0 Å². The number of unbranched alkanes of at least 4 members (excludes halogenated alkanes) is 7. The van der Waals surface area contributed by atoms with Gasteiger partial charge in [-0.2, -0.15) is 0 Å². The summed E-state index contributed by atoms with van der Waals surface area (Å²) in [4.78, 5) is 23.2. The predicted octanol–water partition coefficient (Wildman–Crippen LogP) is 4.70. The van der Waals surface area contributed by atoms with E-state index in [1.165, 1.54) is 52.1 Å². The first-order chi connectivity index (χ1) is 12.4. The van der Waals surface area contributed by atoms with Crippen LogP contribution in [0.25, 0.3) is 0 Å². The van der Waals surface area contributed by atoms with E-state index in [0.29, 0.717) is 18.1 Å². The number of carboxylic acids is 1. The van der Waals surface area contributed by atoms with Crippen LogP contribution < -0.4 is 0 Å². The molecule has 0 radical (unpaired) electrons. The summed E-state index contributed by atoms with van der Waals surface area (Å²) >= 11 is 0. The first-order valence-electron chi connectivity index (χ1n) is 10.5. The topological polar surface area (TPSA) is 83.8 Å². The average molecular weight is 371 g/mol. The summed E-state index contributed by atoms with van der Waals surface area (Å²) in [5.41, 5.74) is 0. The monoisotopic (exact) mass is 370 g/mol. The quantitative estimate of drug-likeness (QED) is 0.322. The molecule has 1 aliphatic rings. The van der Waals surface area contributed by atoms with Crippen LogP contribution in [0.1, 0.15) is 96.8 Å². The Morgan fingerprint density at radius 2 is 1.69 bits per heavy atom. The Kier molecular flexibility index (Phi) is 11.1. The molecule has 0 aliphatic heterocycles. The molecule has 0 amide bonds. The number of carboxylic acid groups (broad SMARTS) is 1. The third kappa shape index (κ3) is 7.75. The van der Waals surface area contributed by atoms with Crippen LogP contribution >= 0.6 is 0 Å². The third-order valence-electron chi connectivity index (χ3n) is 5.88. The molecule has 0 spiro atoms. The molecule has 152 valence electrons. The van der Waals surface area contributed by atoms with Gasteiger partial charge in [0.25, 0.3) is 5.79 Å². The molecule has 0 aromatic carbocycles. The van der Waals surface area contributed by atoms with Crippen LogP contribution in [0.5, 0.6) is 0 Å². The van der Waals surface area contributed by atoms with Crippen molar-refractivity contribution in [3.63, 3.8) is 0 Å². The lowest BCUT2D eigenvalue weighted by Crippen LogP contribution is -2.40. The number of aliphatic carboxylic acids is 1. The fourth-order valence-corrected chi connectivity index (χ4v) is 4.11. The minimum Gasteiger partial charge on any atom is -0.477 e. The summed E-state index contributed by atoms with van der Waals surface area (Å²) in [5.74, 6) is -2.26. The van der Waals surface area contributed by atoms with Gasteiger partial charge in [-0.1, -0.05) is 58.3 Å². The van der Waals surface area contributed by atoms with Crippen molar-refractivity contribution in [3.8, 4) is 0 Å². The van der Waals surface area contributed by atoms with Crippen LogP contribution in [0.15, 0.2) is 0 Å². The van der Waals surface area contributed by atoms with Gasteiger partial charge in [-0.05, 0) is 31.6 Å². The molecule has 26 heavy (non-hydrogen) atoms. The second-order valence-corrected chi connectivity index (χ2v) is 7.82. The smallest absolute Gasteiger partial charge is 0.364 e. The minimum absolute atomic E-state index is 0.0820. The molecule has 5 heteroatoms. The van der Waals surface area contributed by atoms with Gasteiger partial charge in [0.2, 0.25) is 0 Å². The van der Waals surface area contributed by atoms with Crippen molar-refractivity contribution in [1.82, 2.24) is 0 Å². The number of carbonyl (C=O) groups excluding carboxylic acids is 1. The Morgan fingerprint density at radius 3 is 2.35 bits per heavy atom. The summed E-state index contributed by atoms with van der Waals surface area (Å²) in [7, 11) is 1.21. The standard InChI is InChI=1S/C21H38O5/c1-3-4-5-6-7-9-12-17-14-15-19(22)18(17)13-10-8-11-16-21(25,26-2)20(23)24/h17-18,25H,3-16H2,1-2H3,(H,23,24)/t17-,18+,21?/m0/s1. The van der Waals surface area contributed by atoms with E-state index >= 15 is 0 Å². The normalized spacial score (nSPS) is 22.5. The van der Waals surface area contributed by atoms with Gasteiger partial charge >= 0.3 is 5.97 Å². The molecule has 0 aromatic rings. The number of aliphatic hydroxyl groups is 1. The number of ketones is 1. The number of ether oxygens (including phenoxy) is 1. The van der Waals surface area contributed by atoms with E-state index < -0.39 is 11.8 Å². The van der Waals surface area contributed by atoms with Crippen molar-refractivity contribution in [1.29, 1.82) is 0 Å². The maximum absolute atomic E-state index is 12.2. The van der Waals surface area contributed by atoms with Crippen LogP contribution in [0, 0.1) is 11.8 Å². The van der Waals surface area contributed by atoms with Gasteiger partial charge in [-0.25, -0.2) is 4.79 Å². The van der Waals surface area contributed by atoms with Crippen LogP contribution in [-0.4, -0.2) is 34.9 Å². The van der Waals surface area contributed by atoms with Crippen molar-refractivity contribution >= 4 is 11.8 Å². The van der Waals surface area contributed by atoms with Gasteiger partial charge in [0.1, 0.15) is 5.78 Å².